The number of hydrogen-bond acceptors (Lipinski definition) is 3. The van der Waals surface area contributed by atoms with Crippen LogP contribution in [0, 0.1) is 6.92 Å². The summed E-state index contributed by atoms with van der Waals surface area (Å²) in [5, 5.41) is 2.75. The fourth-order valence-electron chi connectivity index (χ4n) is 1.92. The molecule has 1 aromatic carbocycles. The maximum atomic E-state index is 11.5. The summed E-state index contributed by atoms with van der Waals surface area (Å²) < 4.78 is 5.47. The molecule has 0 atom stereocenters. The molecule has 0 unspecified atom stereocenters. The predicted octanol–water partition coefficient (Wildman–Crippen LogP) is 1.96. The molecule has 0 aliphatic carbocycles. The van der Waals surface area contributed by atoms with E-state index in [0.717, 1.165) is 12.2 Å². The van der Waals surface area contributed by atoms with Crippen molar-refractivity contribution in [1.82, 2.24) is 5.32 Å². The normalized spacial score (nSPS) is 10.6. The first-order valence-corrected chi connectivity index (χ1v) is 6.74. The monoisotopic (exact) mass is 264 g/mol. The molecule has 0 aliphatic heterocycles. The molecule has 0 spiro atoms. The van der Waals surface area contributed by atoms with Gasteiger partial charge < -0.3 is 15.8 Å². The minimum atomic E-state index is -0.112. The standard InChI is InChI=1S/C15H24N2O2/c1-11(2)14-6-5-13(9-12(14)3)19-10-15(18)17-8-4-7-16/h5-6,9,11H,4,7-8,10,16H2,1-3H3,(H,17,18). The second-order valence-electron chi connectivity index (χ2n) is 4.95. The zero-order valence-corrected chi connectivity index (χ0v) is 12.0. The van der Waals surface area contributed by atoms with Crippen LogP contribution in [0.4, 0.5) is 0 Å². The lowest BCUT2D eigenvalue weighted by molar-refractivity contribution is -0.123. The Hall–Kier alpha value is -1.55. The molecule has 106 valence electrons. The van der Waals surface area contributed by atoms with Crippen molar-refractivity contribution in [1.29, 1.82) is 0 Å². The lowest BCUT2D eigenvalue weighted by Crippen LogP contribution is -2.30. The molecule has 1 aromatic rings. The van der Waals surface area contributed by atoms with Crippen molar-refractivity contribution in [3.63, 3.8) is 0 Å². The van der Waals surface area contributed by atoms with E-state index in [4.69, 9.17) is 10.5 Å². The molecule has 0 radical (unpaired) electrons. The molecule has 1 rings (SSSR count). The van der Waals surface area contributed by atoms with Crippen molar-refractivity contribution >= 4 is 5.91 Å². The maximum absolute atomic E-state index is 11.5. The maximum Gasteiger partial charge on any atom is 0.257 e. The Morgan fingerprint density at radius 2 is 2.16 bits per heavy atom. The van der Waals surface area contributed by atoms with Gasteiger partial charge in [-0.25, -0.2) is 0 Å². The minimum absolute atomic E-state index is 0.0467. The van der Waals surface area contributed by atoms with Gasteiger partial charge in [-0.2, -0.15) is 0 Å². The number of amides is 1. The van der Waals surface area contributed by atoms with E-state index in [1.165, 1.54) is 11.1 Å². The number of aryl methyl sites for hydroxylation is 1. The Kier molecular flexibility index (Phi) is 6.36. The molecule has 1 amide bonds. The molecule has 0 heterocycles. The smallest absolute Gasteiger partial charge is 0.257 e. The van der Waals surface area contributed by atoms with E-state index in [1.807, 2.05) is 12.1 Å². The molecule has 19 heavy (non-hydrogen) atoms. The van der Waals surface area contributed by atoms with Crippen molar-refractivity contribution in [3.8, 4) is 5.75 Å². The average Bonchev–Trinajstić information content (AvgIpc) is 2.36. The highest BCUT2D eigenvalue weighted by Gasteiger charge is 2.06. The van der Waals surface area contributed by atoms with Crippen molar-refractivity contribution in [2.45, 2.75) is 33.1 Å². The third-order valence-corrected chi connectivity index (χ3v) is 2.94. The van der Waals surface area contributed by atoms with Crippen LogP contribution in [-0.4, -0.2) is 25.6 Å². The fourth-order valence-corrected chi connectivity index (χ4v) is 1.92. The van der Waals surface area contributed by atoms with Crippen molar-refractivity contribution in [2.75, 3.05) is 19.7 Å². The second kappa shape index (κ2) is 7.79. The summed E-state index contributed by atoms with van der Waals surface area (Å²) in [6.45, 7) is 7.61. The quantitative estimate of drug-likeness (QED) is 0.740. The molecule has 4 nitrogen and oxygen atoms in total. The molecule has 0 saturated heterocycles. The number of rotatable bonds is 7. The molecule has 0 saturated carbocycles. The van der Waals surface area contributed by atoms with Crippen LogP contribution >= 0.6 is 0 Å². The fraction of sp³-hybridized carbons (Fsp3) is 0.533. The molecular formula is C15H24N2O2. The van der Waals surface area contributed by atoms with Crippen molar-refractivity contribution in [3.05, 3.63) is 29.3 Å². The predicted molar refractivity (Wildman–Crippen MR) is 77.4 cm³/mol. The largest absolute Gasteiger partial charge is 0.484 e. The zero-order valence-electron chi connectivity index (χ0n) is 12.0. The summed E-state index contributed by atoms with van der Waals surface area (Å²) in [6, 6.07) is 5.94. The number of nitrogens with two attached hydrogens (primary N) is 1. The number of ether oxygens (including phenoxy) is 1. The van der Waals surface area contributed by atoms with Gasteiger partial charge in [0.25, 0.3) is 5.91 Å². The van der Waals surface area contributed by atoms with Gasteiger partial charge in [-0.05, 0) is 49.1 Å². The molecule has 0 aliphatic rings. The van der Waals surface area contributed by atoms with Crippen LogP contribution in [0.3, 0.4) is 0 Å². The summed E-state index contributed by atoms with van der Waals surface area (Å²) >= 11 is 0. The first kappa shape index (κ1) is 15.5. The van der Waals surface area contributed by atoms with Crippen LogP contribution in [0.2, 0.25) is 0 Å². The highest BCUT2D eigenvalue weighted by atomic mass is 16.5. The Morgan fingerprint density at radius 3 is 2.74 bits per heavy atom. The van der Waals surface area contributed by atoms with Gasteiger partial charge >= 0.3 is 0 Å². The van der Waals surface area contributed by atoms with Crippen LogP contribution in [0.15, 0.2) is 18.2 Å². The summed E-state index contributed by atoms with van der Waals surface area (Å²) in [5.74, 6) is 1.11. The van der Waals surface area contributed by atoms with Crippen LogP contribution in [0.1, 0.15) is 37.3 Å². The van der Waals surface area contributed by atoms with Crippen LogP contribution in [0.5, 0.6) is 5.75 Å². The van der Waals surface area contributed by atoms with E-state index in [2.05, 4.69) is 32.2 Å². The summed E-state index contributed by atoms with van der Waals surface area (Å²) in [6.07, 6.45) is 0.786. The van der Waals surface area contributed by atoms with Gasteiger partial charge in [-0.1, -0.05) is 19.9 Å². The topological polar surface area (TPSA) is 64.3 Å². The third-order valence-electron chi connectivity index (χ3n) is 2.94. The molecular weight excluding hydrogens is 240 g/mol. The van der Waals surface area contributed by atoms with E-state index in [1.54, 1.807) is 0 Å². The number of hydrogen-bond donors (Lipinski definition) is 2. The molecule has 3 N–H and O–H groups in total. The van der Waals surface area contributed by atoms with E-state index >= 15 is 0 Å². The van der Waals surface area contributed by atoms with Crippen LogP contribution in [-0.2, 0) is 4.79 Å². The Bertz CT molecular complexity index is 417. The van der Waals surface area contributed by atoms with Gasteiger partial charge in [0, 0.05) is 6.54 Å². The Labute approximate surface area is 115 Å². The van der Waals surface area contributed by atoms with E-state index in [0.29, 0.717) is 19.0 Å². The van der Waals surface area contributed by atoms with Gasteiger partial charge in [-0.15, -0.1) is 0 Å². The van der Waals surface area contributed by atoms with E-state index in [9.17, 15) is 4.79 Å². The third kappa shape index (κ3) is 5.30. The van der Waals surface area contributed by atoms with Gasteiger partial charge in [0.2, 0.25) is 0 Å². The van der Waals surface area contributed by atoms with Gasteiger partial charge in [-0.3, -0.25) is 4.79 Å². The first-order valence-electron chi connectivity index (χ1n) is 6.74. The summed E-state index contributed by atoms with van der Waals surface area (Å²) in [5.41, 5.74) is 7.85. The molecule has 0 bridgehead atoms. The number of nitrogens with one attached hydrogen (secondary N) is 1. The van der Waals surface area contributed by atoms with E-state index in [-0.39, 0.29) is 12.5 Å². The average molecular weight is 264 g/mol. The molecule has 4 heteroatoms. The lowest BCUT2D eigenvalue weighted by atomic mass is 9.98. The Balaban J connectivity index is 2.45. The first-order chi connectivity index (χ1) is 9.04. The minimum Gasteiger partial charge on any atom is -0.484 e. The van der Waals surface area contributed by atoms with Crippen molar-refractivity contribution in [2.24, 2.45) is 5.73 Å². The van der Waals surface area contributed by atoms with Gasteiger partial charge in [0.05, 0.1) is 0 Å². The van der Waals surface area contributed by atoms with E-state index < -0.39 is 0 Å². The number of carbonyl (C=O) groups excluding carboxylic acids is 1. The SMILES string of the molecule is Cc1cc(OCC(=O)NCCCN)ccc1C(C)C. The lowest BCUT2D eigenvalue weighted by Gasteiger charge is -2.12. The highest BCUT2D eigenvalue weighted by Crippen LogP contribution is 2.23. The molecule has 0 aromatic heterocycles. The summed E-state index contributed by atoms with van der Waals surface area (Å²) in [4.78, 5) is 11.5. The van der Waals surface area contributed by atoms with Crippen molar-refractivity contribution < 1.29 is 9.53 Å². The number of benzene rings is 1. The van der Waals surface area contributed by atoms with Crippen LogP contribution < -0.4 is 15.8 Å². The second-order valence-corrected chi connectivity index (χ2v) is 4.95. The highest BCUT2D eigenvalue weighted by molar-refractivity contribution is 5.77. The Morgan fingerprint density at radius 1 is 1.42 bits per heavy atom. The summed E-state index contributed by atoms with van der Waals surface area (Å²) in [7, 11) is 0. The zero-order chi connectivity index (χ0) is 14.3. The van der Waals surface area contributed by atoms with Gasteiger partial charge in [0.15, 0.2) is 6.61 Å². The molecule has 0 fully saturated rings. The van der Waals surface area contributed by atoms with Gasteiger partial charge in [0.1, 0.15) is 5.75 Å². The van der Waals surface area contributed by atoms with Crippen LogP contribution in [0.25, 0.3) is 0 Å². The number of carbonyl (C=O) groups is 1.